The predicted octanol–water partition coefficient (Wildman–Crippen LogP) is 0.644. The summed E-state index contributed by atoms with van der Waals surface area (Å²) < 4.78 is 0. The van der Waals surface area contributed by atoms with E-state index < -0.39 is 0 Å². The average molecular weight is 100 g/mol. The Morgan fingerprint density at radius 1 is 1.71 bits per heavy atom. The van der Waals surface area contributed by atoms with E-state index in [1.54, 1.807) is 13.4 Å². The van der Waals surface area contributed by atoms with E-state index in [2.05, 4.69) is 17.2 Å². The predicted molar refractivity (Wildman–Crippen MR) is 32.7 cm³/mol. The van der Waals surface area contributed by atoms with Gasteiger partial charge in [-0.1, -0.05) is 6.92 Å². The van der Waals surface area contributed by atoms with Crippen molar-refractivity contribution in [3.8, 4) is 0 Å². The fourth-order valence-corrected chi connectivity index (χ4v) is 0.300. The Balaban J connectivity index is 2.69. The molecule has 0 saturated heterocycles. The van der Waals surface area contributed by atoms with Crippen LogP contribution in [0.1, 0.15) is 13.3 Å². The van der Waals surface area contributed by atoms with Crippen LogP contribution in [-0.2, 0) is 0 Å². The van der Waals surface area contributed by atoms with E-state index >= 15 is 0 Å². The zero-order valence-electron chi connectivity index (χ0n) is 4.94. The highest BCUT2D eigenvalue weighted by Crippen LogP contribution is 1.64. The lowest BCUT2D eigenvalue weighted by Gasteiger charge is -1.90. The Kier molecular flexibility index (Phi) is 5.06. The number of nitrogens with zero attached hydrogens (tertiary/aromatic N) is 1. The van der Waals surface area contributed by atoms with Gasteiger partial charge in [0.25, 0.3) is 0 Å². The second-order valence-electron chi connectivity index (χ2n) is 1.34. The van der Waals surface area contributed by atoms with Gasteiger partial charge >= 0.3 is 0 Å². The van der Waals surface area contributed by atoms with Crippen molar-refractivity contribution in [3.05, 3.63) is 0 Å². The van der Waals surface area contributed by atoms with E-state index in [1.807, 2.05) is 0 Å². The van der Waals surface area contributed by atoms with Crippen molar-refractivity contribution in [1.29, 1.82) is 0 Å². The minimum Gasteiger partial charge on any atom is -0.376 e. The van der Waals surface area contributed by atoms with E-state index in [9.17, 15) is 0 Å². The van der Waals surface area contributed by atoms with Crippen molar-refractivity contribution < 1.29 is 0 Å². The monoisotopic (exact) mass is 100 g/mol. The first-order valence-corrected chi connectivity index (χ1v) is 2.55. The van der Waals surface area contributed by atoms with Crippen LogP contribution in [0.25, 0.3) is 0 Å². The molecule has 42 valence electrons. The molecule has 0 aliphatic heterocycles. The molecule has 0 aromatic heterocycles. The van der Waals surface area contributed by atoms with Crippen molar-refractivity contribution >= 4 is 6.34 Å². The molecule has 0 aromatic rings. The van der Waals surface area contributed by atoms with Gasteiger partial charge in [-0.25, -0.2) is 0 Å². The summed E-state index contributed by atoms with van der Waals surface area (Å²) in [5.74, 6) is 0. The summed E-state index contributed by atoms with van der Waals surface area (Å²) in [5.41, 5.74) is 0. The van der Waals surface area contributed by atoms with Gasteiger partial charge in [0.15, 0.2) is 0 Å². The summed E-state index contributed by atoms with van der Waals surface area (Å²) in [4.78, 5) is 3.74. The summed E-state index contributed by atoms with van der Waals surface area (Å²) in [7, 11) is 1.75. The van der Waals surface area contributed by atoms with Gasteiger partial charge in [-0.15, -0.1) is 0 Å². The second kappa shape index (κ2) is 5.47. The van der Waals surface area contributed by atoms with Crippen molar-refractivity contribution in [1.82, 2.24) is 5.32 Å². The summed E-state index contributed by atoms with van der Waals surface area (Å²) in [6, 6.07) is 0. The lowest BCUT2D eigenvalue weighted by Crippen LogP contribution is -2.10. The molecule has 0 fully saturated rings. The van der Waals surface area contributed by atoms with Crippen molar-refractivity contribution in [3.63, 3.8) is 0 Å². The standard InChI is InChI=1S/C5H12N2/c1-3-4-7-5-6-2/h5H,3-4H2,1-2H3,(H,6,7). The van der Waals surface area contributed by atoms with Gasteiger partial charge in [0.1, 0.15) is 0 Å². The average Bonchev–Trinajstić information content (AvgIpc) is 1.69. The van der Waals surface area contributed by atoms with Gasteiger partial charge in [-0.2, -0.15) is 0 Å². The first-order chi connectivity index (χ1) is 3.41. The van der Waals surface area contributed by atoms with Gasteiger partial charge < -0.3 is 5.32 Å². The molecule has 0 heterocycles. The number of aliphatic imine (C=N–C) groups is 1. The molecule has 0 amide bonds. The number of hydrogen-bond acceptors (Lipinski definition) is 1. The van der Waals surface area contributed by atoms with E-state index in [0.29, 0.717) is 0 Å². The van der Waals surface area contributed by atoms with Crippen LogP contribution in [-0.4, -0.2) is 19.9 Å². The second-order valence-corrected chi connectivity index (χ2v) is 1.34. The van der Waals surface area contributed by atoms with E-state index in [-0.39, 0.29) is 0 Å². The highest BCUT2D eigenvalue weighted by Gasteiger charge is 1.69. The first-order valence-electron chi connectivity index (χ1n) is 2.55. The van der Waals surface area contributed by atoms with E-state index in [0.717, 1.165) is 13.0 Å². The summed E-state index contributed by atoms with van der Waals surface area (Å²) in [6.07, 6.45) is 2.87. The maximum atomic E-state index is 3.74. The molecule has 2 nitrogen and oxygen atoms in total. The molecule has 0 rings (SSSR count). The Labute approximate surface area is 44.6 Å². The van der Waals surface area contributed by atoms with Crippen molar-refractivity contribution in [2.75, 3.05) is 13.6 Å². The molecule has 0 saturated carbocycles. The molecule has 1 N–H and O–H groups in total. The largest absolute Gasteiger partial charge is 0.376 e. The SMILES string of the molecule is CCCNC=NC. The van der Waals surface area contributed by atoms with Crippen molar-refractivity contribution in [2.45, 2.75) is 13.3 Å². The van der Waals surface area contributed by atoms with Gasteiger partial charge in [-0.3, -0.25) is 4.99 Å². The third-order valence-corrected chi connectivity index (χ3v) is 0.615. The quantitative estimate of drug-likeness (QED) is 0.314. The molecule has 0 aromatic carbocycles. The summed E-state index contributed by atoms with van der Waals surface area (Å²) in [6.45, 7) is 3.15. The van der Waals surface area contributed by atoms with Gasteiger partial charge in [-0.05, 0) is 6.42 Å². The minimum absolute atomic E-state index is 1.03. The van der Waals surface area contributed by atoms with Crippen LogP contribution < -0.4 is 5.32 Å². The Bertz CT molecular complexity index is 50.0. The zero-order chi connectivity index (χ0) is 5.54. The Hall–Kier alpha value is -0.530. The Morgan fingerprint density at radius 3 is 2.86 bits per heavy atom. The van der Waals surface area contributed by atoms with Crippen LogP contribution in [0.15, 0.2) is 4.99 Å². The smallest absolute Gasteiger partial charge is 0.0820 e. The maximum Gasteiger partial charge on any atom is 0.0820 e. The third-order valence-electron chi connectivity index (χ3n) is 0.615. The fraction of sp³-hybridized carbons (Fsp3) is 0.800. The highest BCUT2D eigenvalue weighted by molar-refractivity contribution is 5.53. The fourth-order valence-electron chi connectivity index (χ4n) is 0.300. The number of nitrogens with one attached hydrogen (secondary N) is 1. The summed E-state index contributed by atoms with van der Waals surface area (Å²) in [5, 5.41) is 2.99. The van der Waals surface area contributed by atoms with Crippen LogP contribution in [0.2, 0.25) is 0 Å². The van der Waals surface area contributed by atoms with Crippen LogP contribution in [0.4, 0.5) is 0 Å². The van der Waals surface area contributed by atoms with Gasteiger partial charge in [0.05, 0.1) is 6.34 Å². The van der Waals surface area contributed by atoms with Gasteiger partial charge in [0, 0.05) is 13.6 Å². The normalized spacial score (nSPS) is 10.0. The molecule has 0 radical (unpaired) electrons. The Morgan fingerprint density at radius 2 is 2.43 bits per heavy atom. The molecule has 0 unspecified atom stereocenters. The zero-order valence-corrected chi connectivity index (χ0v) is 4.94. The lowest BCUT2D eigenvalue weighted by atomic mass is 10.5. The summed E-state index contributed by atoms with van der Waals surface area (Å²) >= 11 is 0. The topological polar surface area (TPSA) is 24.4 Å². The molecule has 0 aliphatic carbocycles. The molecule has 7 heavy (non-hydrogen) atoms. The van der Waals surface area contributed by atoms with Crippen LogP contribution in [0, 0.1) is 0 Å². The molecule has 0 bridgehead atoms. The maximum absolute atomic E-state index is 3.74. The molecular weight excluding hydrogens is 88.1 g/mol. The molecular formula is C5H12N2. The number of rotatable bonds is 3. The molecule has 0 spiro atoms. The minimum atomic E-state index is 1.03. The molecule has 0 aliphatic rings. The first kappa shape index (κ1) is 6.47. The lowest BCUT2D eigenvalue weighted by molar-refractivity contribution is 0.850. The third kappa shape index (κ3) is 5.47. The van der Waals surface area contributed by atoms with Crippen LogP contribution in [0.3, 0.4) is 0 Å². The number of hydrogen-bond donors (Lipinski definition) is 1. The molecule has 2 heteroatoms. The molecule has 0 atom stereocenters. The van der Waals surface area contributed by atoms with Crippen molar-refractivity contribution in [2.24, 2.45) is 4.99 Å². The highest BCUT2D eigenvalue weighted by atomic mass is 14.9. The van der Waals surface area contributed by atoms with Gasteiger partial charge in [0.2, 0.25) is 0 Å². The van der Waals surface area contributed by atoms with Crippen LogP contribution in [0.5, 0.6) is 0 Å². The van der Waals surface area contributed by atoms with E-state index in [1.165, 1.54) is 0 Å². The van der Waals surface area contributed by atoms with Crippen LogP contribution >= 0.6 is 0 Å². The van der Waals surface area contributed by atoms with E-state index in [4.69, 9.17) is 0 Å².